The number of H-pyrrole nitrogens is 1. The molecule has 1 aromatic carbocycles. The SMILES string of the molecule is CC(CO)N=C(N)c1c(Nc2ccc(Oc3cc(Cl)ccc3Cl)nc2)s[nH]c1=O. The lowest BCUT2D eigenvalue weighted by atomic mass is 10.3. The van der Waals surface area contributed by atoms with Gasteiger partial charge in [-0.2, -0.15) is 0 Å². The van der Waals surface area contributed by atoms with Crippen molar-refractivity contribution in [3.8, 4) is 11.6 Å². The number of hydrogen-bond donors (Lipinski definition) is 4. The van der Waals surface area contributed by atoms with Crippen LogP contribution in [0, 0.1) is 0 Å². The first-order valence-corrected chi connectivity index (χ1v) is 9.96. The number of amidine groups is 1. The molecule has 3 rings (SSSR count). The molecule has 2 heterocycles. The summed E-state index contributed by atoms with van der Waals surface area (Å²) >= 11 is 13.1. The summed E-state index contributed by atoms with van der Waals surface area (Å²) < 4.78 is 8.26. The Morgan fingerprint density at radius 3 is 2.90 bits per heavy atom. The second kappa shape index (κ2) is 9.27. The number of benzene rings is 1. The fourth-order valence-electron chi connectivity index (χ4n) is 2.28. The van der Waals surface area contributed by atoms with Crippen molar-refractivity contribution >= 4 is 51.3 Å². The summed E-state index contributed by atoms with van der Waals surface area (Å²) in [6, 6.07) is 7.83. The fourth-order valence-corrected chi connectivity index (χ4v) is 3.36. The van der Waals surface area contributed by atoms with Gasteiger partial charge in [0.05, 0.1) is 29.6 Å². The van der Waals surface area contributed by atoms with E-state index in [2.05, 4.69) is 19.7 Å². The Morgan fingerprint density at radius 1 is 1.41 bits per heavy atom. The van der Waals surface area contributed by atoms with Crippen molar-refractivity contribution in [2.45, 2.75) is 13.0 Å². The molecule has 0 aliphatic carbocycles. The summed E-state index contributed by atoms with van der Waals surface area (Å²) in [4.78, 5) is 20.4. The van der Waals surface area contributed by atoms with Crippen molar-refractivity contribution in [3.63, 3.8) is 0 Å². The highest BCUT2D eigenvalue weighted by molar-refractivity contribution is 7.10. The normalized spacial score (nSPS) is 12.6. The summed E-state index contributed by atoms with van der Waals surface area (Å²) in [6.07, 6.45) is 1.53. The van der Waals surface area contributed by atoms with Crippen LogP contribution in [0.1, 0.15) is 12.5 Å². The maximum Gasteiger partial charge on any atom is 0.271 e. The first kappa shape index (κ1) is 21.1. The predicted octanol–water partition coefficient (Wildman–Crippen LogP) is 3.76. The molecule has 0 fully saturated rings. The minimum atomic E-state index is -0.418. The van der Waals surface area contributed by atoms with E-state index in [0.29, 0.717) is 32.4 Å². The van der Waals surface area contributed by atoms with Crippen LogP contribution in [0.2, 0.25) is 10.0 Å². The Balaban J connectivity index is 1.78. The van der Waals surface area contributed by atoms with Gasteiger partial charge >= 0.3 is 0 Å². The van der Waals surface area contributed by atoms with E-state index in [-0.39, 0.29) is 23.6 Å². The van der Waals surface area contributed by atoms with Gasteiger partial charge in [-0.1, -0.05) is 23.2 Å². The first-order chi connectivity index (χ1) is 13.9. The number of nitrogens with one attached hydrogen (secondary N) is 2. The summed E-state index contributed by atoms with van der Waals surface area (Å²) in [5.41, 5.74) is 6.38. The zero-order valence-electron chi connectivity index (χ0n) is 15.1. The third kappa shape index (κ3) is 5.27. The number of aromatic amines is 1. The zero-order chi connectivity index (χ0) is 21.0. The van der Waals surface area contributed by atoms with Gasteiger partial charge in [0.1, 0.15) is 22.1 Å². The van der Waals surface area contributed by atoms with Crippen LogP contribution < -0.4 is 21.3 Å². The molecular formula is C18H17Cl2N5O3S. The van der Waals surface area contributed by atoms with Crippen molar-refractivity contribution < 1.29 is 9.84 Å². The molecule has 2 aromatic heterocycles. The molecule has 0 spiro atoms. The average Bonchev–Trinajstić information content (AvgIpc) is 3.06. The van der Waals surface area contributed by atoms with Crippen LogP contribution in [0.4, 0.5) is 10.7 Å². The van der Waals surface area contributed by atoms with E-state index in [1.807, 2.05) is 0 Å². The van der Waals surface area contributed by atoms with E-state index in [9.17, 15) is 4.79 Å². The molecule has 0 aliphatic heterocycles. The first-order valence-electron chi connectivity index (χ1n) is 8.39. The second-order valence-electron chi connectivity index (χ2n) is 5.97. The smallest absolute Gasteiger partial charge is 0.271 e. The lowest BCUT2D eigenvalue weighted by Gasteiger charge is -2.09. The number of aliphatic hydroxyl groups is 1. The Labute approximate surface area is 180 Å². The van der Waals surface area contributed by atoms with Crippen molar-refractivity contribution in [1.29, 1.82) is 0 Å². The van der Waals surface area contributed by atoms with E-state index in [1.165, 1.54) is 6.20 Å². The molecule has 3 aromatic rings. The summed E-state index contributed by atoms with van der Waals surface area (Å²) in [5, 5.41) is 13.6. The molecule has 0 saturated heterocycles. The quantitative estimate of drug-likeness (QED) is 0.318. The van der Waals surface area contributed by atoms with E-state index in [4.69, 9.17) is 38.8 Å². The number of hydrogen-bond acceptors (Lipinski definition) is 7. The molecule has 0 radical (unpaired) electrons. The van der Waals surface area contributed by atoms with Gasteiger partial charge in [-0.15, -0.1) is 0 Å². The van der Waals surface area contributed by atoms with Crippen LogP contribution in [-0.4, -0.2) is 32.9 Å². The standard InChI is InChI=1S/C18H17Cl2N5O3S/c1-9(8-26)23-16(21)15-17(27)25-29-18(15)24-11-3-5-14(22-7-11)28-13-6-10(19)2-4-12(13)20/h2-7,9,24,26H,8H2,1H3,(H2,21,23)(H,25,27). The second-order valence-corrected chi connectivity index (χ2v) is 7.63. The minimum Gasteiger partial charge on any atom is -0.437 e. The van der Waals surface area contributed by atoms with Crippen LogP contribution in [0.3, 0.4) is 0 Å². The summed E-state index contributed by atoms with van der Waals surface area (Å²) in [7, 11) is 0. The van der Waals surface area contributed by atoms with Crippen molar-refractivity contribution in [3.05, 3.63) is 62.5 Å². The molecule has 152 valence electrons. The third-order valence-electron chi connectivity index (χ3n) is 3.68. The maximum atomic E-state index is 12.1. The van der Waals surface area contributed by atoms with Gasteiger partial charge in [-0.05, 0) is 36.7 Å². The lowest BCUT2D eigenvalue weighted by molar-refractivity contribution is 0.274. The molecule has 11 heteroatoms. The van der Waals surface area contributed by atoms with Crippen molar-refractivity contribution in [2.24, 2.45) is 10.7 Å². The maximum absolute atomic E-state index is 12.1. The van der Waals surface area contributed by atoms with Crippen LogP contribution in [0.5, 0.6) is 11.6 Å². The van der Waals surface area contributed by atoms with E-state index >= 15 is 0 Å². The van der Waals surface area contributed by atoms with Crippen molar-refractivity contribution in [1.82, 2.24) is 9.36 Å². The number of aromatic nitrogens is 2. The zero-order valence-corrected chi connectivity index (χ0v) is 17.5. The van der Waals surface area contributed by atoms with E-state index < -0.39 is 6.04 Å². The summed E-state index contributed by atoms with van der Waals surface area (Å²) in [6.45, 7) is 1.52. The molecule has 0 amide bonds. The van der Waals surface area contributed by atoms with Gasteiger partial charge in [0.15, 0.2) is 0 Å². The predicted molar refractivity (Wildman–Crippen MR) is 116 cm³/mol. The molecule has 0 saturated carbocycles. The van der Waals surface area contributed by atoms with Gasteiger partial charge < -0.3 is 20.9 Å². The minimum absolute atomic E-state index is 0.0417. The molecule has 5 N–H and O–H groups in total. The Kier molecular flexibility index (Phi) is 6.75. The molecule has 1 atom stereocenters. The van der Waals surface area contributed by atoms with Gasteiger partial charge in [-0.3, -0.25) is 14.2 Å². The fraction of sp³-hybridized carbons (Fsp3) is 0.167. The van der Waals surface area contributed by atoms with Crippen molar-refractivity contribution in [2.75, 3.05) is 11.9 Å². The van der Waals surface area contributed by atoms with Gasteiger partial charge in [0.2, 0.25) is 5.88 Å². The monoisotopic (exact) mass is 453 g/mol. The number of anilines is 2. The van der Waals surface area contributed by atoms with Crippen LogP contribution in [-0.2, 0) is 0 Å². The molecule has 0 bridgehead atoms. The Hall–Kier alpha value is -2.59. The number of aliphatic imine (C=N–C) groups is 1. The highest BCUT2D eigenvalue weighted by Gasteiger charge is 2.16. The van der Waals surface area contributed by atoms with Gasteiger partial charge in [0.25, 0.3) is 5.56 Å². The number of halogens is 2. The number of ether oxygens (including phenoxy) is 1. The number of pyridine rings is 1. The third-order valence-corrected chi connectivity index (χ3v) is 5.03. The molecule has 1 unspecified atom stereocenters. The molecule has 29 heavy (non-hydrogen) atoms. The average molecular weight is 454 g/mol. The van der Waals surface area contributed by atoms with E-state index in [1.54, 1.807) is 37.3 Å². The van der Waals surface area contributed by atoms with Gasteiger partial charge in [-0.25, -0.2) is 4.98 Å². The van der Waals surface area contributed by atoms with E-state index in [0.717, 1.165) is 11.5 Å². The molecule has 8 nitrogen and oxygen atoms in total. The number of aliphatic hydroxyl groups excluding tert-OH is 1. The number of nitrogens with zero attached hydrogens (tertiary/aromatic N) is 2. The van der Waals surface area contributed by atoms with Crippen LogP contribution in [0.15, 0.2) is 46.3 Å². The number of rotatable bonds is 7. The molecular weight excluding hydrogens is 437 g/mol. The van der Waals surface area contributed by atoms with Gasteiger partial charge in [0, 0.05) is 17.2 Å². The summed E-state index contributed by atoms with van der Waals surface area (Å²) in [5.74, 6) is 0.751. The lowest BCUT2D eigenvalue weighted by Crippen LogP contribution is -2.24. The van der Waals surface area contributed by atoms with Crippen LogP contribution in [0.25, 0.3) is 0 Å². The highest BCUT2D eigenvalue weighted by atomic mass is 35.5. The Morgan fingerprint density at radius 2 is 2.21 bits per heavy atom. The number of nitrogens with two attached hydrogens (primary N) is 1. The topological polar surface area (TPSA) is 126 Å². The Bertz CT molecular complexity index is 1080. The largest absolute Gasteiger partial charge is 0.437 e. The molecule has 0 aliphatic rings. The van der Waals surface area contributed by atoms with Crippen LogP contribution >= 0.6 is 34.7 Å². The highest BCUT2D eigenvalue weighted by Crippen LogP contribution is 2.31.